The number of nitrogens with zero attached hydrogens (tertiary/aromatic N) is 1. The van der Waals surface area contributed by atoms with Crippen molar-refractivity contribution in [1.82, 2.24) is 10.2 Å². The lowest BCUT2D eigenvalue weighted by Crippen LogP contribution is -2.44. The molecule has 2 aromatic carbocycles. The predicted octanol–water partition coefficient (Wildman–Crippen LogP) is 5.97. The highest BCUT2D eigenvalue weighted by Crippen LogP contribution is 2.44. The first kappa shape index (κ1) is 27.6. The number of hydrogen-bond donors (Lipinski definition) is 2. The average molecular weight is 548 g/mol. The zero-order valence-corrected chi connectivity index (χ0v) is 18.5. The van der Waals surface area contributed by atoms with Crippen LogP contribution in [0.15, 0.2) is 30.3 Å². The van der Waals surface area contributed by atoms with E-state index in [9.17, 15) is 44.3 Å². The Kier molecular flexibility index (Phi) is 7.51. The summed E-state index contributed by atoms with van der Waals surface area (Å²) in [6, 6.07) is 4.02. The summed E-state index contributed by atoms with van der Waals surface area (Å²) in [5, 5.41) is 5.50. The fourth-order valence-electron chi connectivity index (χ4n) is 3.78. The lowest BCUT2D eigenvalue weighted by Gasteiger charge is -2.30. The topological polar surface area (TPSA) is 61.4 Å². The summed E-state index contributed by atoms with van der Waals surface area (Å²) in [6.07, 6.45) is -15.2. The third kappa shape index (κ3) is 6.03. The van der Waals surface area contributed by atoms with Gasteiger partial charge in [0.05, 0.1) is 33.4 Å². The molecule has 0 spiro atoms. The number of amides is 1. The summed E-state index contributed by atoms with van der Waals surface area (Å²) in [6.45, 7) is 1.00. The predicted molar refractivity (Wildman–Crippen MR) is 110 cm³/mol. The van der Waals surface area contributed by atoms with Gasteiger partial charge in [-0.2, -0.15) is 39.5 Å². The molecule has 196 valence electrons. The molecule has 36 heavy (non-hydrogen) atoms. The van der Waals surface area contributed by atoms with E-state index in [1.807, 2.05) is 0 Å². The number of nitrogens with one attached hydrogen (secondary N) is 2. The maximum atomic E-state index is 13.7. The molecule has 0 bridgehead atoms. The van der Waals surface area contributed by atoms with Crippen molar-refractivity contribution in [2.45, 2.75) is 24.6 Å². The van der Waals surface area contributed by atoms with Gasteiger partial charge < -0.3 is 15.5 Å². The maximum Gasteiger partial charge on any atom is 0.446 e. The van der Waals surface area contributed by atoms with Crippen LogP contribution < -0.4 is 10.6 Å². The van der Waals surface area contributed by atoms with Gasteiger partial charge in [0, 0.05) is 25.3 Å². The fourth-order valence-corrected chi connectivity index (χ4v) is 3.95. The second-order valence-electron chi connectivity index (χ2n) is 7.68. The number of halogens is 10. The van der Waals surface area contributed by atoms with E-state index in [0.29, 0.717) is 6.54 Å². The van der Waals surface area contributed by atoms with Crippen molar-refractivity contribution < 1.29 is 49.1 Å². The molecule has 1 amide bonds. The summed E-state index contributed by atoms with van der Waals surface area (Å²) >= 11 is 5.95. The van der Waals surface area contributed by atoms with Crippen molar-refractivity contribution in [3.8, 4) is 0 Å². The number of alkyl halides is 9. The Hall–Kier alpha value is -3.00. The fraction of sp³-hybridized carbons (Fsp3) is 0.333. The van der Waals surface area contributed by atoms with E-state index in [0.717, 1.165) is 24.3 Å². The van der Waals surface area contributed by atoms with E-state index in [4.69, 9.17) is 16.4 Å². The van der Waals surface area contributed by atoms with Gasteiger partial charge in [0.2, 0.25) is 6.29 Å². The van der Waals surface area contributed by atoms with Gasteiger partial charge in [0.15, 0.2) is 0 Å². The van der Waals surface area contributed by atoms with Gasteiger partial charge in [0.1, 0.15) is 0 Å². The number of fused-ring (bicyclic) bond motifs is 3. The van der Waals surface area contributed by atoms with Gasteiger partial charge in [-0.1, -0.05) is 11.6 Å². The first-order valence-electron chi connectivity index (χ1n) is 9.96. The van der Waals surface area contributed by atoms with E-state index in [-0.39, 0.29) is 35.1 Å². The van der Waals surface area contributed by atoms with Crippen LogP contribution >= 0.6 is 11.6 Å². The Morgan fingerprint density at radius 2 is 1.64 bits per heavy atom. The number of benzene rings is 2. The minimum atomic E-state index is -4.82. The van der Waals surface area contributed by atoms with Gasteiger partial charge >= 0.3 is 18.5 Å². The highest BCUT2D eigenvalue weighted by atomic mass is 35.5. The number of carbonyl (C=O) groups is 2. The van der Waals surface area contributed by atoms with Crippen LogP contribution in [0.25, 0.3) is 0 Å². The van der Waals surface area contributed by atoms with E-state index in [1.165, 1.54) is 11.0 Å². The molecule has 0 aliphatic carbocycles. The molecule has 5 nitrogen and oxygen atoms in total. The van der Waals surface area contributed by atoms with Gasteiger partial charge in [-0.05, 0) is 35.9 Å². The SMILES string of the molecule is O=C1c2c(cc(Nc3cc(C(F)(F)F)ccc3Cl)cc2C(F)(F)F)[C@@H]2CNCCN12.O=CC(F)(F)F. The largest absolute Gasteiger partial charge is 0.446 e. The van der Waals surface area contributed by atoms with Crippen LogP contribution in [0, 0.1) is 0 Å². The molecule has 2 N–H and O–H groups in total. The first-order chi connectivity index (χ1) is 16.5. The number of rotatable bonds is 2. The standard InChI is InChI=1S/C19H14ClF6N3O.C2HF3O/c20-13-2-1-9(18(21,22)23)5-14(13)28-10-6-11-15-8-27-3-4-29(15)17(30)16(11)12(7-10)19(24,25)26;3-2(4,5)1-6/h1-2,5-7,15,27-28H,3-4,8H2;1H/t15-;/m0./s1. The minimum absolute atomic E-state index is 0.0888. The quantitative estimate of drug-likeness (QED) is 0.359. The lowest BCUT2D eigenvalue weighted by molar-refractivity contribution is -0.156. The molecule has 15 heteroatoms. The Labute approximate surface area is 202 Å². The molecule has 1 atom stereocenters. The van der Waals surface area contributed by atoms with E-state index >= 15 is 0 Å². The number of anilines is 2. The Bertz CT molecular complexity index is 1160. The summed E-state index contributed by atoms with van der Waals surface area (Å²) in [7, 11) is 0. The van der Waals surface area contributed by atoms with Crippen molar-refractivity contribution in [3.63, 3.8) is 0 Å². The van der Waals surface area contributed by atoms with Crippen LogP contribution in [-0.4, -0.2) is 42.9 Å². The second-order valence-corrected chi connectivity index (χ2v) is 8.09. The number of aldehydes is 1. The van der Waals surface area contributed by atoms with Crippen LogP contribution in [0.4, 0.5) is 50.9 Å². The zero-order chi connectivity index (χ0) is 27.1. The van der Waals surface area contributed by atoms with Crippen molar-refractivity contribution in [1.29, 1.82) is 0 Å². The van der Waals surface area contributed by atoms with Crippen molar-refractivity contribution >= 4 is 35.2 Å². The third-order valence-electron chi connectivity index (χ3n) is 5.26. The highest BCUT2D eigenvalue weighted by molar-refractivity contribution is 6.33. The van der Waals surface area contributed by atoms with Crippen LogP contribution in [0.3, 0.4) is 0 Å². The molecule has 0 radical (unpaired) electrons. The zero-order valence-electron chi connectivity index (χ0n) is 17.7. The summed E-state index contributed by atoms with van der Waals surface area (Å²) in [5.41, 5.74) is -2.68. The normalized spacial score (nSPS) is 17.7. The van der Waals surface area contributed by atoms with E-state index in [1.54, 1.807) is 0 Å². The summed E-state index contributed by atoms with van der Waals surface area (Å²) < 4.78 is 111. The molecule has 2 aliphatic heterocycles. The molecular formula is C21H15ClF9N3O2. The minimum Gasteiger partial charge on any atom is -0.354 e. The van der Waals surface area contributed by atoms with Gasteiger partial charge in [-0.25, -0.2) is 0 Å². The molecular weight excluding hydrogens is 533 g/mol. The van der Waals surface area contributed by atoms with Crippen LogP contribution in [0.1, 0.15) is 33.1 Å². The van der Waals surface area contributed by atoms with Gasteiger partial charge in [-0.3, -0.25) is 9.59 Å². The second kappa shape index (κ2) is 9.81. The van der Waals surface area contributed by atoms with Gasteiger partial charge in [0.25, 0.3) is 5.91 Å². The van der Waals surface area contributed by atoms with Crippen LogP contribution in [0.5, 0.6) is 0 Å². The van der Waals surface area contributed by atoms with Crippen molar-refractivity contribution in [2.75, 3.05) is 25.0 Å². The van der Waals surface area contributed by atoms with Gasteiger partial charge in [-0.15, -0.1) is 0 Å². The third-order valence-corrected chi connectivity index (χ3v) is 5.59. The molecule has 1 saturated heterocycles. The van der Waals surface area contributed by atoms with Crippen LogP contribution in [-0.2, 0) is 17.1 Å². The monoisotopic (exact) mass is 547 g/mol. The first-order valence-corrected chi connectivity index (χ1v) is 10.3. The molecule has 4 rings (SSSR count). The molecule has 0 saturated carbocycles. The summed E-state index contributed by atoms with van der Waals surface area (Å²) in [5.74, 6) is -0.701. The Morgan fingerprint density at radius 1 is 1.00 bits per heavy atom. The number of hydrogen-bond acceptors (Lipinski definition) is 4. The number of carbonyl (C=O) groups excluding carboxylic acids is 2. The molecule has 2 aliphatic rings. The van der Waals surface area contributed by atoms with Crippen molar-refractivity contribution in [2.24, 2.45) is 0 Å². The van der Waals surface area contributed by atoms with E-state index < -0.39 is 53.5 Å². The average Bonchev–Trinajstić information content (AvgIpc) is 3.05. The summed E-state index contributed by atoms with van der Waals surface area (Å²) in [4.78, 5) is 22.7. The Balaban J connectivity index is 0.000000538. The highest BCUT2D eigenvalue weighted by Gasteiger charge is 2.45. The molecule has 0 unspecified atom stereocenters. The van der Waals surface area contributed by atoms with Crippen molar-refractivity contribution in [3.05, 3.63) is 57.6 Å². The van der Waals surface area contributed by atoms with E-state index in [2.05, 4.69) is 10.6 Å². The number of piperazine rings is 1. The smallest absolute Gasteiger partial charge is 0.354 e. The Morgan fingerprint density at radius 3 is 2.19 bits per heavy atom. The maximum absolute atomic E-state index is 13.7. The molecule has 0 aromatic heterocycles. The molecule has 1 fully saturated rings. The van der Waals surface area contributed by atoms with Crippen LogP contribution in [0.2, 0.25) is 5.02 Å². The molecule has 2 aromatic rings. The lowest BCUT2D eigenvalue weighted by atomic mass is 9.97. The molecule has 2 heterocycles.